The summed E-state index contributed by atoms with van der Waals surface area (Å²) in [5, 5.41) is 0.575. The maximum Gasteiger partial charge on any atom is 0.336 e. The van der Waals surface area contributed by atoms with Gasteiger partial charge in [-0.25, -0.2) is 4.79 Å². The van der Waals surface area contributed by atoms with Crippen molar-refractivity contribution in [1.82, 2.24) is 4.90 Å². The first-order chi connectivity index (χ1) is 13.4. The molecular formula is C23H24ClNO3. The Morgan fingerprint density at radius 3 is 2.54 bits per heavy atom. The summed E-state index contributed by atoms with van der Waals surface area (Å²) in [5.74, 6) is -0.778. The van der Waals surface area contributed by atoms with Gasteiger partial charge in [0.05, 0.1) is 18.2 Å². The molecule has 0 radical (unpaired) electrons. The predicted octanol–water partition coefficient (Wildman–Crippen LogP) is 5.08. The fourth-order valence-electron chi connectivity index (χ4n) is 3.52. The number of hydrogen-bond acceptors (Lipinski definition) is 3. The van der Waals surface area contributed by atoms with Crippen LogP contribution in [0.25, 0.3) is 0 Å². The molecule has 4 nitrogen and oxygen atoms in total. The lowest BCUT2D eigenvalue weighted by Gasteiger charge is -2.35. The van der Waals surface area contributed by atoms with Crippen molar-refractivity contribution >= 4 is 23.5 Å². The van der Waals surface area contributed by atoms with Crippen LogP contribution in [0.5, 0.6) is 0 Å². The minimum Gasteiger partial charge on any atom is -0.460 e. The normalized spacial score (nSPS) is 17.2. The molecule has 0 fully saturated rings. The molecule has 2 aromatic rings. The predicted molar refractivity (Wildman–Crippen MR) is 110 cm³/mol. The van der Waals surface area contributed by atoms with Crippen molar-refractivity contribution in [3.8, 4) is 0 Å². The van der Waals surface area contributed by atoms with Gasteiger partial charge in [-0.05, 0) is 44.0 Å². The second-order valence-corrected chi connectivity index (χ2v) is 7.67. The van der Waals surface area contributed by atoms with Crippen LogP contribution in [0, 0.1) is 0 Å². The lowest BCUT2D eigenvalue weighted by Crippen LogP contribution is -2.38. The monoisotopic (exact) mass is 397 g/mol. The van der Waals surface area contributed by atoms with Crippen LogP contribution in [-0.4, -0.2) is 22.9 Å². The van der Waals surface area contributed by atoms with Crippen LogP contribution < -0.4 is 0 Å². The van der Waals surface area contributed by atoms with Gasteiger partial charge in [-0.3, -0.25) is 4.79 Å². The molecule has 1 aliphatic rings. The van der Waals surface area contributed by atoms with Crippen LogP contribution in [0.3, 0.4) is 0 Å². The van der Waals surface area contributed by atoms with Crippen molar-refractivity contribution in [2.75, 3.05) is 0 Å². The SMILES string of the molecule is CC1=C(C(=O)OC(C)C)[C@@H](c2cccc(Cl)c2)CC(=O)N1Cc1ccccc1. The minimum atomic E-state index is -0.386. The van der Waals surface area contributed by atoms with Gasteiger partial charge < -0.3 is 9.64 Å². The van der Waals surface area contributed by atoms with E-state index in [1.807, 2.05) is 69.3 Å². The first-order valence-corrected chi connectivity index (χ1v) is 9.76. The number of ether oxygens (including phenoxy) is 1. The van der Waals surface area contributed by atoms with E-state index in [0.717, 1.165) is 11.1 Å². The molecule has 0 bridgehead atoms. The fraction of sp³-hybridized carbons (Fsp3) is 0.304. The molecule has 0 aromatic heterocycles. The summed E-state index contributed by atoms with van der Waals surface area (Å²) in [4.78, 5) is 27.6. The summed E-state index contributed by atoms with van der Waals surface area (Å²) in [5.41, 5.74) is 3.01. The number of benzene rings is 2. The number of carbonyl (C=O) groups is 2. The van der Waals surface area contributed by atoms with E-state index in [0.29, 0.717) is 22.8 Å². The zero-order valence-corrected chi connectivity index (χ0v) is 17.1. The molecular weight excluding hydrogens is 374 g/mol. The van der Waals surface area contributed by atoms with Crippen LogP contribution in [0.15, 0.2) is 65.9 Å². The fourth-order valence-corrected chi connectivity index (χ4v) is 3.72. The molecule has 1 amide bonds. The first-order valence-electron chi connectivity index (χ1n) is 9.38. The topological polar surface area (TPSA) is 46.6 Å². The summed E-state index contributed by atoms with van der Waals surface area (Å²) in [6.45, 7) is 5.87. The Labute approximate surface area is 170 Å². The second-order valence-electron chi connectivity index (χ2n) is 7.23. The third-order valence-electron chi connectivity index (χ3n) is 4.82. The highest BCUT2D eigenvalue weighted by Gasteiger charge is 2.37. The number of hydrogen-bond donors (Lipinski definition) is 0. The molecule has 146 valence electrons. The average molecular weight is 398 g/mol. The van der Waals surface area contributed by atoms with Crippen molar-refractivity contribution in [3.63, 3.8) is 0 Å². The van der Waals surface area contributed by atoms with Crippen molar-refractivity contribution < 1.29 is 14.3 Å². The van der Waals surface area contributed by atoms with Crippen LogP contribution in [-0.2, 0) is 20.9 Å². The molecule has 0 spiro atoms. The van der Waals surface area contributed by atoms with Crippen molar-refractivity contribution in [2.24, 2.45) is 0 Å². The van der Waals surface area contributed by atoms with Gasteiger partial charge in [0.25, 0.3) is 0 Å². The van der Waals surface area contributed by atoms with E-state index >= 15 is 0 Å². The minimum absolute atomic E-state index is 0.0209. The molecule has 5 heteroatoms. The summed E-state index contributed by atoms with van der Waals surface area (Å²) < 4.78 is 5.51. The van der Waals surface area contributed by atoms with Crippen LogP contribution in [0.4, 0.5) is 0 Å². The van der Waals surface area contributed by atoms with E-state index in [1.165, 1.54) is 0 Å². The summed E-state index contributed by atoms with van der Waals surface area (Å²) in [6, 6.07) is 17.1. The third kappa shape index (κ3) is 4.45. The second kappa shape index (κ2) is 8.61. The number of allylic oxidation sites excluding steroid dienone is 1. The Kier molecular flexibility index (Phi) is 6.20. The molecule has 3 rings (SSSR count). The maximum absolute atomic E-state index is 13.0. The number of nitrogens with zero attached hydrogens (tertiary/aromatic N) is 1. The third-order valence-corrected chi connectivity index (χ3v) is 5.06. The smallest absolute Gasteiger partial charge is 0.336 e. The summed E-state index contributed by atoms with van der Waals surface area (Å²) in [6.07, 6.45) is -0.0411. The van der Waals surface area contributed by atoms with Gasteiger partial charge in [0.15, 0.2) is 0 Å². The molecule has 1 aliphatic heterocycles. The lowest BCUT2D eigenvalue weighted by molar-refractivity contribution is -0.143. The van der Waals surface area contributed by atoms with Gasteiger partial charge in [-0.15, -0.1) is 0 Å². The highest BCUT2D eigenvalue weighted by molar-refractivity contribution is 6.30. The van der Waals surface area contributed by atoms with Gasteiger partial charge in [0.1, 0.15) is 0 Å². The van der Waals surface area contributed by atoms with E-state index in [2.05, 4.69) is 0 Å². The Balaban J connectivity index is 2.04. The number of esters is 1. The number of amides is 1. The Bertz CT molecular complexity index is 905. The summed E-state index contributed by atoms with van der Waals surface area (Å²) in [7, 11) is 0. The van der Waals surface area contributed by atoms with E-state index in [1.54, 1.807) is 11.0 Å². The number of carbonyl (C=O) groups excluding carboxylic acids is 2. The Morgan fingerprint density at radius 2 is 1.89 bits per heavy atom. The largest absolute Gasteiger partial charge is 0.460 e. The molecule has 0 saturated heterocycles. The molecule has 0 N–H and O–H groups in total. The zero-order valence-electron chi connectivity index (χ0n) is 16.3. The van der Waals surface area contributed by atoms with Gasteiger partial charge in [0.2, 0.25) is 5.91 Å². The molecule has 0 saturated carbocycles. The van der Waals surface area contributed by atoms with Gasteiger partial charge >= 0.3 is 5.97 Å². The molecule has 28 heavy (non-hydrogen) atoms. The van der Waals surface area contributed by atoms with Gasteiger partial charge in [0, 0.05) is 23.1 Å². The van der Waals surface area contributed by atoms with E-state index in [-0.39, 0.29) is 30.3 Å². The zero-order chi connectivity index (χ0) is 20.3. The highest BCUT2D eigenvalue weighted by atomic mass is 35.5. The molecule has 2 aromatic carbocycles. The van der Waals surface area contributed by atoms with Gasteiger partial charge in [-0.2, -0.15) is 0 Å². The van der Waals surface area contributed by atoms with Crippen LogP contribution in [0.1, 0.15) is 44.2 Å². The number of rotatable bonds is 5. The first kappa shape index (κ1) is 20.2. The standard InChI is InChI=1S/C23H24ClNO3/c1-15(2)28-23(27)22-16(3)25(14-17-8-5-4-6-9-17)21(26)13-20(22)18-10-7-11-19(24)12-18/h4-12,15,20H,13-14H2,1-3H3/t20-/m1/s1. The van der Waals surface area contributed by atoms with Crippen LogP contribution >= 0.6 is 11.6 Å². The summed E-state index contributed by atoms with van der Waals surface area (Å²) >= 11 is 6.16. The van der Waals surface area contributed by atoms with Crippen LogP contribution in [0.2, 0.25) is 5.02 Å². The Hall–Kier alpha value is -2.59. The highest BCUT2D eigenvalue weighted by Crippen LogP contribution is 2.38. The lowest BCUT2D eigenvalue weighted by atomic mass is 9.83. The Morgan fingerprint density at radius 1 is 1.18 bits per heavy atom. The van der Waals surface area contributed by atoms with Crippen molar-refractivity contribution in [3.05, 3.63) is 82.0 Å². The molecule has 0 unspecified atom stereocenters. The quantitative estimate of drug-likeness (QED) is 0.661. The maximum atomic E-state index is 13.0. The van der Waals surface area contributed by atoms with Crippen molar-refractivity contribution in [2.45, 2.75) is 45.8 Å². The van der Waals surface area contributed by atoms with Crippen molar-refractivity contribution in [1.29, 1.82) is 0 Å². The number of halogens is 1. The average Bonchev–Trinajstić information content (AvgIpc) is 2.64. The van der Waals surface area contributed by atoms with E-state index in [9.17, 15) is 9.59 Å². The molecule has 0 aliphatic carbocycles. The molecule has 1 heterocycles. The van der Waals surface area contributed by atoms with Gasteiger partial charge in [-0.1, -0.05) is 54.1 Å². The molecule has 1 atom stereocenters. The van der Waals surface area contributed by atoms with E-state index in [4.69, 9.17) is 16.3 Å². The van der Waals surface area contributed by atoms with E-state index < -0.39 is 0 Å².